The van der Waals surface area contributed by atoms with Gasteiger partial charge in [0.15, 0.2) is 0 Å². The zero-order chi connectivity index (χ0) is 15.0. The lowest BCUT2D eigenvalue weighted by Crippen LogP contribution is -2.29. The van der Waals surface area contributed by atoms with Crippen LogP contribution in [0.2, 0.25) is 5.15 Å². The van der Waals surface area contributed by atoms with Gasteiger partial charge in [-0.3, -0.25) is 4.79 Å². The SMILES string of the molecule is O=C(O)c1ccc2c(c1)CCN2C(=O)c1cnc(Cl)cn1. The van der Waals surface area contributed by atoms with Crippen LogP contribution in [0.4, 0.5) is 5.69 Å². The van der Waals surface area contributed by atoms with Crippen molar-refractivity contribution in [2.45, 2.75) is 6.42 Å². The van der Waals surface area contributed by atoms with Gasteiger partial charge in [-0.2, -0.15) is 0 Å². The average molecular weight is 304 g/mol. The van der Waals surface area contributed by atoms with Gasteiger partial charge >= 0.3 is 5.97 Å². The maximum absolute atomic E-state index is 12.4. The maximum atomic E-state index is 12.4. The molecule has 0 atom stereocenters. The summed E-state index contributed by atoms with van der Waals surface area (Å²) < 4.78 is 0. The van der Waals surface area contributed by atoms with E-state index in [2.05, 4.69) is 9.97 Å². The number of anilines is 1. The minimum absolute atomic E-state index is 0.203. The fraction of sp³-hybridized carbons (Fsp3) is 0.143. The van der Waals surface area contributed by atoms with Gasteiger partial charge in [0.25, 0.3) is 5.91 Å². The monoisotopic (exact) mass is 303 g/mol. The number of aromatic carboxylic acids is 1. The highest BCUT2D eigenvalue weighted by Crippen LogP contribution is 2.30. The van der Waals surface area contributed by atoms with Gasteiger partial charge in [0.1, 0.15) is 10.8 Å². The lowest BCUT2D eigenvalue weighted by atomic mass is 10.1. The van der Waals surface area contributed by atoms with Crippen LogP contribution in [-0.4, -0.2) is 33.5 Å². The van der Waals surface area contributed by atoms with E-state index < -0.39 is 5.97 Å². The van der Waals surface area contributed by atoms with Crippen molar-refractivity contribution in [2.75, 3.05) is 11.4 Å². The van der Waals surface area contributed by atoms with Crippen molar-refractivity contribution in [3.63, 3.8) is 0 Å². The second-order valence-corrected chi connectivity index (χ2v) is 4.97. The summed E-state index contributed by atoms with van der Waals surface area (Å²) in [6.45, 7) is 0.488. The molecule has 0 aliphatic carbocycles. The lowest BCUT2D eigenvalue weighted by Gasteiger charge is -2.16. The quantitative estimate of drug-likeness (QED) is 0.917. The van der Waals surface area contributed by atoms with E-state index in [1.165, 1.54) is 18.5 Å². The average Bonchev–Trinajstić information content (AvgIpc) is 2.90. The number of carbonyl (C=O) groups is 2. The summed E-state index contributed by atoms with van der Waals surface area (Å²) in [7, 11) is 0. The Morgan fingerprint density at radius 2 is 2.05 bits per heavy atom. The number of hydrogen-bond donors (Lipinski definition) is 1. The first-order valence-corrected chi connectivity index (χ1v) is 6.59. The molecule has 6 nitrogen and oxygen atoms in total. The molecule has 3 rings (SSSR count). The predicted molar refractivity (Wildman–Crippen MR) is 75.8 cm³/mol. The van der Waals surface area contributed by atoms with E-state index in [0.717, 1.165) is 5.56 Å². The Labute approximate surface area is 125 Å². The predicted octanol–water partition coefficient (Wildman–Crippen LogP) is 2.03. The summed E-state index contributed by atoms with van der Waals surface area (Å²) in [4.78, 5) is 32.7. The number of nitrogens with zero attached hydrogens (tertiary/aromatic N) is 3. The van der Waals surface area contributed by atoms with Crippen LogP contribution >= 0.6 is 11.6 Å². The van der Waals surface area contributed by atoms with Crippen molar-refractivity contribution in [3.8, 4) is 0 Å². The van der Waals surface area contributed by atoms with E-state index in [0.29, 0.717) is 18.7 Å². The highest BCUT2D eigenvalue weighted by molar-refractivity contribution is 6.29. The Kier molecular flexibility index (Phi) is 3.31. The first kappa shape index (κ1) is 13.5. The second-order valence-electron chi connectivity index (χ2n) is 4.58. The van der Waals surface area contributed by atoms with E-state index in [1.54, 1.807) is 17.0 Å². The summed E-state index contributed by atoms with van der Waals surface area (Å²) in [5.74, 6) is -1.26. The molecule has 0 spiro atoms. The van der Waals surface area contributed by atoms with E-state index in [9.17, 15) is 9.59 Å². The number of carboxylic acid groups (broad SMARTS) is 1. The van der Waals surface area contributed by atoms with Gasteiger partial charge in [0, 0.05) is 12.2 Å². The Bertz CT molecular complexity index is 731. The molecule has 106 valence electrons. The van der Waals surface area contributed by atoms with Crippen molar-refractivity contribution in [1.29, 1.82) is 0 Å². The van der Waals surface area contributed by atoms with Crippen LogP contribution < -0.4 is 4.90 Å². The van der Waals surface area contributed by atoms with Gasteiger partial charge in [-0.1, -0.05) is 11.6 Å². The highest BCUT2D eigenvalue weighted by Gasteiger charge is 2.27. The summed E-state index contributed by atoms with van der Waals surface area (Å²) >= 11 is 5.65. The molecule has 2 heterocycles. The van der Waals surface area contributed by atoms with Crippen LogP contribution in [0.15, 0.2) is 30.6 Å². The third kappa shape index (κ3) is 2.45. The van der Waals surface area contributed by atoms with E-state index in [1.807, 2.05) is 0 Å². The van der Waals surface area contributed by atoms with Crippen LogP contribution in [0.5, 0.6) is 0 Å². The van der Waals surface area contributed by atoms with Gasteiger partial charge in [0.2, 0.25) is 0 Å². The van der Waals surface area contributed by atoms with Crippen LogP contribution in [0, 0.1) is 0 Å². The van der Waals surface area contributed by atoms with Gasteiger partial charge in [-0.15, -0.1) is 0 Å². The molecule has 1 aromatic heterocycles. The van der Waals surface area contributed by atoms with E-state index >= 15 is 0 Å². The van der Waals surface area contributed by atoms with E-state index in [4.69, 9.17) is 16.7 Å². The molecular formula is C14H10ClN3O3. The molecule has 0 bridgehead atoms. The van der Waals surface area contributed by atoms with Gasteiger partial charge < -0.3 is 10.0 Å². The molecule has 21 heavy (non-hydrogen) atoms. The number of aromatic nitrogens is 2. The number of hydrogen-bond acceptors (Lipinski definition) is 4. The first-order valence-electron chi connectivity index (χ1n) is 6.22. The Morgan fingerprint density at radius 3 is 2.71 bits per heavy atom. The zero-order valence-corrected chi connectivity index (χ0v) is 11.5. The molecule has 0 saturated carbocycles. The fourth-order valence-electron chi connectivity index (χ4n) is 2.31. The zero-order valence-electron chi connectivity index (χ0n) is 10.8. The van der Waals surface area contributed by atoms with Crippen LogP contribution in [0.3, 0.4) is 0 Å². The number of carboxylic acids is 1. The number of carbonyl (C=O) groups excluding carboxylic acids is 1. The number of fused-ring (bicyclic) bond motifs is 1. The molecule has 1 aliphatic rings. The molecule has 0 saturated heterocycles. The fourth-order valence-corrected chi connectivity index (χ4v) is 2.40. The van der Waals surface area contributed by atoms with Crippen LogP contribution in [0.25, 0.3) is 0 Å². The molecule has 1 N–H and O–H groups in total. The second kappa shape index (κ2) is 5.14. The Balaban J connectivity index is 1.92. The van der Waals surface area contributed by atoms with Gasteiger partial charge in [-0.05, 0) is 30.2 Å². The Morgan fingerprint density at radius 1 is 1.24 bits per heavy atom. The largest absolute Gasteiger partial charge is 0.478 e. The van der Waals surface area contributed by atoms with Gasteiger partial charge in [0.05, 0.1) is 18.0 Å². The molecule has 1 aromatic carbocycles. The summed E-state index contributed by atoms with van der Waals surface area (Å²) in [5.41, 5.74) is 1.97. The normalized spacial score (nSPS) is 13.1. The number of rotatable bonds is 2. The third-order valence-electron chi connectivity index (χ3n) is 3.31. The first-order chi connectivity index (χ1) is 10.1. The summed E-state index contributed by atoms with van der Waals surface area (Å²) in [6, 6.07) is 4.73. The topological polar surface area (TPSA) is 83.4 Å². The molecule has 2 aromatic rings. The smallest absolute Gasteiger partial charge is 0.335 e. The standard InChI is InChI=1S/C14H10ClN3O3/c15-12-7-16-10(6-17-12)13(19)18-4-3-8-5-9(14(20)21)1-2-11(8)18/h1-2,5-7H,3-4H2,(H,20,21). The molecular weight excluding hydrogens is 294 g/mol. The minimum atomic E-state index is -0.980. The van der Waals surface area contributed by atoms with Crippen LogP contribution in [0.1, 0.15) is 26.4 Å². The minimum Gasteiger partial charge on any atom is -0.478 e. The Hall–Kier alpha value is -2.47. The maximum Gasteiger partial charge on any atom is 0.335 e. The molecule has 0 unspecified atom stereocenters. The summed E-state index contributed by atoms with van der Waals surface area (Å²) in [6.07, 6.45) is 3.26. The molecule has 7 heteroatoms. The molecule has 1 aliphatic heterocycles. The lowest BCUT2D eigenvalue weighted by molar-refractivity contribution is 0.0696. The van der Waals surface area contributed by atoms with E-state index in [-0.39, 0.29) is 22.3 Å². The van der Waals surface area contributed by atoms with Gasteiger partial charge in [-0.25, -0.2) is 14.8 Å². The molecule has 0 radical (unpaired) electrons. The molecule has 1 amide bonds. The van der Waals surface area contributed by atoms with Crippen molar-refractivity contribution in [2.24, 2.45) is 0 Å². The van der Waals surface area contributed by atoms with Crippen molar-refractivity contribution < 1.29 is 14.7 Å². The van der Waals surface area contributed by atoms with Crippen molar-refractivity contribution in [3.05, 3.63) is 52.6 Å². The third-order valence-corrected chi connectivity index (χ3v) is 3.50. The number of amides is 1. The van der Waals surface area contributed by atoms with Crippen LogP contribution in [-0.2, 0) is 6.42 Å². The van der Waals surface area contributed by atoms with Crippen molar-refractivity contribution >= 4 is 29.2 Å². The summed E-state index contributed by atoms with van der Waals surface area (Å²) in [5, 5.41) is 9.21. The van der Waals surface area contributed by atoms with Crippen molar-refractivity contribution in [1.82, 2.24) is 9.97 Å². The molecule has 0 fully saturated rings. The number of benzene rings is 1. The number of halogens is 1. The highest BCUT2D eigenvalue weighted by atomic mass is 35.5.